The summed E-state index contributed by atoms with van der Waals surface area (Å²) < 4.78 is 45.8. The highest BCUT2D eigenvalue weighted by atomic mass is 35.5. The number of amides is 3. The molecule has 1 aromatic carbocycles. The Morgan fingerprint density at radius 3 is 2.62 bits per heavy atom. The van der Waals surface area contributed by atoms with E-state index in [0.29, 0.717) is 32.8 Å². The highest BCUT2D eigenvalue weighted by Gasteiger charge is 2.40. The van der Waals surface area contributed by atoms with Gasteiger partial charge in [-0.05, 0) is 24.1 Å². The molecule has 3 aliphatic rings. The maximum atomic E-state index is 12.7. The van der Waals surface area contributed by atoms with E-state index < -0.39 is 18.2 Å². The summed E-state index contributed by atoms with van der Waals surface area (Å²) in [5.74, 6) is -0.263. The lowest BCUT2D eigenvalue weighted by atomic mass is 9.91. The number of alkyl halides is 3. The Bertz CT molecular complexity index is 816. The van der Waals surface area contributed by atoms with Crippen LogP contribution in [0.4, 0.5) is 22.8 Å². The Hall–Kier alpha value is -2.36. The van der Waals surface area contributed by atoms with Crippen molar-refractivity contribution in [1.29, 1.82) is 0 Å². The van der Waals surface area contributed by atoms with E-state index in [1.807, 2.05) is 0 Å². The van der Waals surface area contributed by atoms with Gasteiger partial charge in [0.1, 0.15) is 12.4 Å². The van der Waals surface area contributed by atoms with E-state index in [2.05, 4.69) is 10.1 Å². The lowest BCUT2D eigenvalue weighted by Gasteiger charge is -2.41. The third kappa shape index (κ3) is 4.31. The smallest absolute Gasteiger partial charge is 0.447 e. The molecule has 7 nitrogen and oxygen atoms in total. The van der Waals surface area contributed by atoms with Gasteiger partial charge in [-0.15, -0.1) is 13.2 Å². The number of likely N-dealkylation sites (tertiary alicyclic amines) is 2. The molecule has 0 spiro atoms. The summed E-state index contributed by atoms with van der Waals surface area (Å²) >= 11 is 5.90. The Kier molecular flexibility index (Phi) is 5.14. The SMILES string of the molecule is O=C1NC(C2CCN(C(=O)N3CC(c4ccc(OC(F)(F)F)c(Cl)c4)C3)C2)CO1. The molecule has 11 heteroatoms. The fraction of sp³-hybridized carbons (Fsp3) is 0.556. The van der Waals surface area contributed by atoms with Gasteiger partial charge >= 0.3 is 18.5 Å². The summed E-state index contributed by atoms with van der Waals surface area (Å²) in [7, 11) is 0. The lowest BCUT2D eigenvalue weighted by Crippen LogP contribution is -2.53. The quantitative estimate of drug-likeness (QED) is 0.794. The van der Waals surface area contributed by atoms with Crippen LogP contribution in [-0.2, 0) is 4.74 Å². The number of halogens is 4. The number of ether oxygens (including phenoxy) is 2. The highest BCUT2D eigenvalue weighted by Crippen LogP contribution is 2.36. The van der Waals surface area contributed by atoms with Crippen molar-refractivity contribution >= 4 is 23.7 Å². The van der Waals surface area contributed by atoms with Crippen molar-refractivity contribution in [2.24, 2.45) is 5.92 Å². The second kappa shape index (κ2) is 7.47. The summed E-state index contributed by atoms with van der Waals surface area (Å²) in [6.45, 7) is 2.44. The number of nitrogens with zero attached hydrogens (tertiary/aromatic N) is 2. The molecular formula is C18H19ClF3N3O4. The van der Waals surface area contributed by atoms with E-state index in [1.54, 1.807) is 9.80 Å². The molecule has 0 aromatic heterocycles. The van der Waals surface area contributed by atoms with Gasteiger partial charge in [0.2, 0.25) is 0 Å². The number of cyclic esters (lactones) is 1. The van der Waals surface area contributed by atoms with Gasteiger partial charge in [0, 0.05) is 38.0 Å². The zero-order valence-electron chi connectivity index (χ0n) is 15.2. The number of nitrogens with one attached hydrogen (secondary N) is 1. The topological polar surface area (TPSA) is 71.1 Å². The number of benzene rings is 1. The van der Waals surface area contributed by atoms with Crippen LogP contribution in [0, 0.1) is 5.92 Å². The predicted octanol–water partition coefficient (Wildman–Crippen LogP) is 3.19. The fourth-order valence-electron chi connectivity index (χ4n) is 3.97. The molecule has 2 unspecified atom stereocenters. The Morgan fingerprint density at radius 2 is 2.00 bits per heavy atom. The molecule has 3 heterocycles. The van der Waals surface area contributed by atoms with Crippen LogP contribution in [0.15, 0.2) is 18.2 Å². The molecular weight excluding hydrogens is 415 g/mol. The Labute approximate surface area is 169 Å². The largest absolute Gasteiger partial charge is 0.573 e. The van der Waals surface area contributed by atoms with Crippen molar-refractivity contribution in [2.75, 3.05) is 32.8 Å². The van der Waals surface area contributed by atoms with Crippen LogP contribution in [0.3, 0.4) is 0 Å². The van der Waals surface area contributed by atoms with Gasteiger partial charge in [0.15, 0.2) is 0 Å². The standard InChI is InChI=1S/C18H19ClF3N3O4/c19-13-5-10(1-2-15(13)29-18(20,21)22)12-7-25(8-12)17(27)24-4-3-11(6-24)14-9-28-16(26)23-14/h1-2,5,11-12,14H,3-4,6-9H2,(H,23,26). The van der Waals surface area contributed by atoms with Crippen LogP contribution in [0.1, 0.15) is 17.9 Å². The molecule has 4 rings (SSSR count). The fourth-order valence-corrected chi connectivity index (χ4v) is 4.20. The van der Waals surface area contributed by atoms with Crippen molar-refractivity contribution in [3.05, 3.63) is 28.8 Å². The average molecular weight is 434 g/mol. The number of alkyl carbamates (subject to hydrolysis) is 1. The minimum atomic E-state index is -4.80. The minimum absolute atomic E-state index is 0.0114. The number of carbonyl (C=O) groups is 2. The number of urea groups is 1. The molecule has 1 N–H and O–H groups in total. The summed E-state index contributed by atoms with van der Waals surface area (Å²) in [5.41, 5.74) is 0.763. The number of hydrogen-bond donors (Lipinski definition) is 1. The molecule has 2 atom stereocenters. The molecule has 0 radical (unpaired) electrons. The lowest BCUT2D eigenvalue weighted by molar-refractivity contribution is -0.274. The molecule has 0 saturated carbocycles. The number of rotatable bonds is 3. The molecule has 0 aliphatic carbocycles. The summed E-state index contributed by atoms with van der Waals surface area (Å²) in [6.07, 6.45) is -4.42. The van der Waals surface area contributed by atoms with Crippen LogP contribution in [-0.4, -0.2) is 67.1 Å². The first-order valence-corrected chi connectivity index (χ1v) is 9.60. The maximum absolute atomic E-state index is 12.7. The Balaban J connectivity index is 1.29. The van der Waals surface area contributed by atoms with Gasteiger partial charge in [-0.3, -0.25) is 0 Å². The predicted molar refractivity (Wildman–Crippen MR) is 95.8 cm³/mol. The van der Waals surface area contributed by atoms with Gasteiger partial charge in [0.05, 0.1) is 11.1 Å². The molecule has 158 valence electrons. The second-order valence-electron chi connectivity index (χ2n) is 7.47. The third-order valence-electron chi connectivity index (χ3n) is 5.57. The van der Waals surface area contributed by atoms with Crippen LogP contribution < -0.4 is 10.1 Å². The molecule has 3 amide bonds. The zero-order valence-corrected chi connectivity index (χ0v) is 16.0. The normalized spacial score (nSPS) is 24.9. The average Bonchev–Trinajstić information content (AvgIpc) is 3.23. The zero-order chi connectivity index (χ0) is 20.8. The first-order valence-electron chi connectivity index (χ1n) is 9.22. The third-order valence-corrected chi connectivity index (χ3v) is 5.86. The number of hydrogen-bond acceptors (Lipinski definition) is 4. The van der Waals surface area contributed by atoms with Crippen LogP contribution in [0.2, 0.25) is 5.02 Å². The molecule has 3 aliphatic heterocycles. The van der Waals surface area contributed by atoms with Gasteiger partial charge in [0.25, 0.3) is 0 Å². The van der Waals surface area contributed by atoms with E-state index in [9.17, 15) is 22.8 Å². The highest BCUT2D eigenvalue weighted by molar-refractivity contribution is 6.32. The van der Waals surface area contributed by atoms with Crippen molar-refractivity contribution in [3.63, 3.8) is 0 Å². The molecule has 3 saturated heterocycles. The van der Waals surface area contributed by atoms with Crippen molar-refractivity contribution in [2.45, 2.75) is 24.7 Å². The van der Waals surface area contributed by atoms with E-state index in [-0.39, 0.29) is 28.9 Å². The Morgan fingerprint density at radius 1 is 1.24 bits per heavy atom. The maximum Gasteiger partial charge on any atom is 0.573 e. The van der Waals surface area contributed by atoms with E-state index in [1.165, 1.54) is 18.2 Å². The van der Waals surface area contributed by atoms with Crippen LogP contribution >= 0.6 is 11.6 Å². The van der Waals surface area contributed by atoms with Crippen LogP contribution in [0.5, 0.6) is 5.75 Å². The first-order chi connectivity index (χ1) is 13.7. The number of carbonyl (C=O) groups excluding carboxylic acids is 2. The summed E-state index contributed by atoms with van der Waals surface area (Å²) in [6, 6.07) is 4.04. The molecule has 0 bridgehead atoms. The van der Waals surface area contributed by atoms with Gasteiger partial charge in [-0.2, -0.15) is 0 Å². The summed E-state index contributed by atoms with van der Waals surface area (Å²) in [5, 5.41) is 2.64. The van der Waals surface area contributed by atoms with Gasteiger partial charge in [-0.25, -0.2) is 9.59 Å². The summed E-state index contributed by atoms with van der Waals surface area (Å²) in [4.78, 5) is 27.3. The van der Waals surface area contributed by atoms with E-state index >= 15 is 0 Å². The van der Waals surface area contributed by atoms with E-state index in [0.717, 1.165) is 12.0 Å². The molecule has 29 heavy (non-hydrogen) atoms. The first kappa shape index (κ1) is 19.9. The molecule has 1 aromatic rings. The van der Waals surface area contributed by atoms with Crippen molar-refractivity contribution < 1.29 is 32.2 Å². The second-order valence-corrected chi connectivity index (χ2v) is 7.87. The van der Waals surface area contributed by atoms with E-state index in [4.69, 9.17) is 16.3 Å². The van der Waals surface area contributed by atoms with Gasteiger partial charge in [-0.1, -0.05) is 17.7 Å². The van der Waals surface area contributed by atoms with Crippen LogP contribution in [0.25, 0.3) is 0 Å². The van der Waals surface area contributed by atoms with Crippen molar-refractivity contribution in [1.82, 2.24) is 15.1 Å². The van der Waals surface area contributed by atoms with Gasteiger partial charge < -0.3 is 24.6 Å². The monoisotopic (exact) mass is 433 g/mol. The van der Waals surface area contributed by atoms with Crippen molar-refractivity contribution in [3.8, 4) is 5.75 Å². The minimum Gasteiger partial charge on any atom is -0.447 e. The molecule has 3 fully saturated rings.